The lowest BCUT2D eigenvalue weighted by molar-refractivity contribution is -0.134. The van der Waals surface area contributed by atoms with Gasteiger partial charge in [0.2, 0.25) is 0 Å². The fourth-order valence-corrected chi connectivity index (χ4v) is 4.75. The van der Waals surface area contributed by atoms with E-state index in [0.717, 1.165) is 17.2 Å². The molecule has 0 aromatic heterocycles. The summed E-state index contributed by atoms with van der Waals surface area (Å²) >= 11 is 0. The Morgan fingerprint density at radius 2 is 1.13 bits per heavy atom. The maximum atomic E-state index is 13.8. The first-order valence-corrected chi connectivity index (χ1v) is 17.3. The predicted molar refractivity (Wildman–Crippen MR) is 215 cm³/mol. The van der Waals surface area contributed by atoms with Crippen molar-refractivity contribution in [2.24, 2.45) is 0 Å². The van der Waals surface area contributed by atoms with Crippen LogP contribution in [0.15, 0.2) is 123 Å². The minimum atomic E-state index is -0.707. The van der Waals surface area contributed by atoms with Crippen LogP contribution in [0.3, 0.4) is 0 Å². The lowest BCUT2D eigenvalue weighted by Gasteiger charge is -2.22. The number of allylic oxidation sites excluding steroid dienone is 1. The van der Waals surface area contributed by atoms with E-state index in [4.69, 9.17) is 18.9 Å². The van der Waals surface area contributed by atoms with Crippen molar-refractivity contribution in [3.63, 3.8) is 0 Å². The number of carbonyl (C=O) groups is 3. The number of hydrogen-bond acceptors (Lipinski definition) is 7. The SMILES string of the molecule is C=CC(=C)Oc1c(C#Cc2ccc(/C=C/OC(=O)C(=C)C)cc2)c(CCC)c(OC(=O)C=C)c(C#Cc2ccc(/C=C/OC(=O)C(=C)C)cc2)c1CCCF. The molecule has 0 atom stereocenters. The molecule has 0 saturated heterocycles. The molecule has 0 fully saturated rings. The lowest BCUT2D eigenvalue weighted by Crippen LogP contribution is -2.13. The molecule has 3 aromatic rings. The summed E-state index contributed by atoms with van der Waals surface area (Å²) in [5, 5.41) is 0. The van der Waals surface area contributed by atoms with E-state index in [0.29, 0.717) is 52.0 Å². The molecular formula is C47H43FO7. The molecule has 3 aromatic carbocycles. The molecule has 0 aliphatic carbocycles. The molecule has 3 rings (SSSR count). The Morgan fingerprint density at radius 1 is 0.673 bits per heavy atom. The molecule has 55 heavy (non-hydrogen) atoms. The molecule has 0 N–H and O–H groups in total. The monoisotopic (exact) mass is 738 g/mol. The second-order valence-corrected chi connectivity index (χ2v) is 12.0. The Hall–Kier alpha value is -6.90. The highest BCUT2D eigenvalue weighted by Gasteiger charge is 2.26. The summed E-state index contributed by atoms with van der Waals surface area (Å²) in [6.07, 6.45) is 9.69. The summed E-state index contributed by atoms with van der Waals surface area (Å²) < 4.78 is 36.1. The van der Waals surface area contributed by atoms with Gasteiger partial charge in [-0.25, -0.2) is 14.4 Å². The van der Waals surface area contributed by atoms with Crippen molar-refractivity contribution in [3.8, 4) is 35.2 Å². The standard InChI is InChI=1S/C47H43FO7/c1-9-13-39-41(25-23-35-15-19-37(20-16-35)27-30-52-46(50)32(4)5)44(54-34(8)10-2)40(14-12-29-48)42(45(39)55-43(49)11-3)26-24-36-17-21-38(22-18-36)28-31-53-47(51)33(6)7/h10-11,15-22,27-28,30-31H,2-4,6,8-9,12-14,29H2,1,5,7H3/b30-27+,31-28+. The summed E-state index contributed by atoms with van der Waals surface area (Å²) in [6, 6.07) is 14.4. The van der Waals surface area contributed by atoms with Gasteiger partial charge in [0.15, 0.2) is 5.75 Å². The highest BCUT2D eigenvalue weighted by molar-refractivity contribution is 5.88. The highest BCUT2D eigenvalue weighted by atomic mass is 19.1. The Labute approximate surface area is 322 Å². The van der Waals surface area contributed by atoms with Gasteiger partial charge in [0.05, 0.1) is 30.3 Å². The molecule has 280 valence electrons. The molecular weight excluding hydrogens is 696 g/mol. The van der Waals surface area contributed by atoms with Crippen molar-refractivity contribution >= 4 is 30.1 Å². The van der Waals surface area contributed by atoms with Crippen LogP contribution in [0.5, 0.6) is 11.5 Å². The van der Waals surface area contributed by atoms with Crippen LogP contribution in [0.1, 0.15) is 78.1 Å². The van der Waals surface area contributed by atoms with Gasteiger partial charge in [0, 0.05) is 39.5 Å². The van der Waals surface area contributed by atoms with E-state index in [1.54, 1.807) is 62.4 Å². The van der Waals surface area contributed by atoms with Crippen LogP contribution in [0, 0.1) is 23.7 Å². The third kappa shape index (κ3) is 12.9. The molecule has 7 nitrogen and oxygen atoms in total. The topological polar surface area (TPSA) is 88.1 Å². The van der Waals surface area contributed by atoms with Gasteiger partial charge in [-0.05, 0) is 86.7 Å². The van der Waals surface area contributed by atoms with E-state index in [1.807, 2.05) is 19.1 Å². The van der Waals surface area contributed by atoms with Crippen molar-refractivity contribution in [2.75, 3.05) is 6.67 Å². The van der Waals surface area contributed by atoms with Gasteiger partial charge in [-0.2, -0.15) is 0 Å². The zero-order valence-electron chi connectivity index (χ0n) is 31.4. The largest absolute Gasteiger partial charge is 0.456 e. The van der Waals surface area contributed by atoms with E-state index >= 15 is 0 Å². The maximum Gasteiger partial charge on any atom is 0.337 e. The third-order valence-corrected chi connectivity index (χ3v) is 7.55. The summed E-state index contributed by atoms with van der Waals surface area (Å²) in [4.78, 5) is 36.2. The fourth-order valence-electron chi connectivity index (χ4n) is 4.75. The quantitative estimate of drug-likeness (QED) is 0.0361. The number of benzene rings is 3. The normalized spacial score (nSPS) is 10.3. The van der Waals surface area contributed by atoms with E-state index in [9.17, 15) is 18.8 Å². The molecule has 0 unspecified atom stereocenters. The average molecular weight is 739 g/mol. The van der Waals surface area contributed by atoms with E-state index in [1.165, 1.54) is 18.6 Å². The van der Waals surface area contributed by atoms with Gasteiger partial charge in [0.1, 0.15) is 11.5 Å². The molecule has 0 bridgehead atoms. The van der Waals surface area contributed by atoms with E-state index < -0.39 is 24.6 Å². The van der Waals surface area contributed by atoms with E-state index in [-0.39, 0.29) is 35.5 Å². The Balaban J connectivity index is 2.25. The molecule has 0 heterocycles. The summed E-state index contributed by atoms with van der Waals surface area (Å²) in [7, 11) is 0. The summed E-state index contributed by atoms with van der Waals surface area (Å²) in [5.41, 5.74) is 5.17. The third-order valence-electron chi connectivity index (χ3n) is 7.55. The van der Waals surface area contributed by atoms with Crippen LogP contribution in [0.4, 0.5) is 4.39 Å². The molecule has 0 aliphatic rings. The number of ether oxygens (including phenoxy) is 4. The second kappa shape index (κ2) is 21.6. The Kier molecular flexibility index (Phi) is 16.7. The van der Waals surface area contributed by atoms with Crippen LogP contribution in [-0.2, 0) is 36.7 Å². The van der Waals surface area contributed by atoms with Gasteiger partial charge in [-0.1, -0.05) is 94.2 Å². The van der Waals surface area contributed by atoms with Crippen molar-refractivity contribution < 1.29 is 37.7 Å². The van der Waals surface area contributed by atoms with Crippen molar-refractivity contribution in [2.45, 2.75) is 46.5 Å². The van der Waals surface area contributed by atoms with Crippen molar-refractivity contribution in [1.29, 1.82) is 0 Å². The van der Waals surface area contributed by atoms with Gasteiger partial charge < -0.3 is 18.9 Å². The predicted octanol–water partition coefficient (Wildman–Crippen LogP) is 9.69. The zero-order chi connectivity index (χ0) is 40.3. The Morgan fingerprint density at radius 3 is 1.53 bits per heavy atom. The van der Waals surface area contributed by atoms with Gasteiger partial charge in [-0.3, -0.25) is 4.39 Å². The average Bonchev–Trinajstić information content (AvgIpc) is 3.18. The van der Waals surface area contributed by atoms with Crippen LogP contribution < -0.4 is 9.47 Å². The number of carbonyl (C=O) groups excluding carboxylic acids is 3. The molecule has 0 saturated carbocycles. The van der Waals surface area contributed by atoms with Crippen molar-refractivity contribution in [1.82, 2.24) is 0 Å². The molecule has 0 radical (unpaired) electrons. The van der Waals surface area contributed by atoms with Gasteiger partial charge >= 0.3 is 17.9 Å². The number of esters is 3. The van der Waals surface area contributed by atoms with Crippen molar-refractivity contribution in [3.05, 3.63) is 168 Å². The number of halogens is 1. The number of alkyl halides is 1. The minimum absolute atomic E-state index is 0.119. The second-order valence-electron chi connectivity index (χ2n) is 12.0. The van der Waals surface area contributed by atoms with Crippen LogP contribution >= 0.6 is 0 Å². The molecule has 0 amide bonds. The fraction of sp³-hybridized carbons (Fsp3) is 0.170. The maximum absolute atomic E-state index is 13.8. The molecule has 0 spiro atoms. The summed E-state index contributed by atoms with van der Waals surface area (Å²) in [5.74, 6) is 11.7. The highest BCUT2D eigenvalue weighted by Crippen LogP contribution is 2.41. The number of rotatable bonds is 16. The molecule has 0 aliphatic heterocycles. The van der Waals surface area contributed by atoms with Crippen LogP contribution in [0.2, 0.25) is 0 Å². The van der Waals surface area contributed by atoms with Gasteiger partial charge in [0.25, 0.3) is 0 Å². The van der Waals surface area contributed by atoms with Crippen LogP contribution in [0.25, 0.3) is 12.2 Å². The minimum Gasteiger partial charge on any atom is -0.456 e. The van der Waals surface area contributed by atoms with Crippen LogP contribution in [-0.4, -0.2) is 24.6 Å². The smallest absolute Gasteiger partial charge is 0.337 e. The zero-order valence-corrected chi connectivity index (χ0v) is 31.4. The first kappa shape index (κ1) is 42.5. The Bertz CT molecular complexity index is 2160. The van der Waals surface area contributed by atoms with E-state index in [2.05, 4.69) is 56.6 Å². The number of hydrogen-bond donors (Lipinski definition) is 0. The molecule has 8 heteroatoms. The van der Waals surface area contributed by atoms with Gasteiger partial charge in [-0.15, -0.1) is 0 Å². The first-order valence-electron chi connectivity index (χ1n) is 17.3. The first-order chi connectivity index (χ1) is 26.4. The summed E-state index contributed by atoms with van der Waals surface area (Å²) in [6.45, 7) is 22.9. The lowest BCUT2D eigenvalue weighted by atomic mass is 9.90.